The van der Waals surface area contributed by atoms with Gasteiger partial charge in [-0.3, -0.25) is 4.79 Å². The third-order valence-electron chi connectivity index (χ3n) is 3.78. The van der Waals surface area contributed by atoms with Crippen LogP contribution in [-0.4, -0.2) is 43.6 Å². The number of likely N-dealkylation sites (tertiary alicyclic amines) is 1. The highest BCUT2D eigenvalue weighted by molar-refractivity contribution is 7.07. The first-order valence-electron chi connectivity index (χ1n) is 7.09. The van der Waals surface area contributed by atoms with Gasteiger partial charge in [0.25, 0.3) is 5.91 Å². The Bertz CT molecular complexity index is 630. The van der Waals surface area contributed by atoms with Gasteiger partial charge < -0.3 is 9.42 Å². The summed E-state index contributed by atoms with van der Waals surface area (Å²) in [7, 11) is 0. The van der Waals surface area contributed by atoms with Crippen molar-refractivity contribution in [3.8, 4) is 0 Å². The standard InChI is InChI=1S/C13H17N5O2S/c1-3-10-14-12(20-16-10)9-4-6-18(7-5-9)13(19)11-8(2)15-17-21-11/h9H,3-7H2,1-2H3. The van der Waals surface area contributed by atoms with Crippen LogP contribution in [-0.2, 0) is 6.42 Å². The summed E-state index contributed by atoms with van der Waals surface area (Å²) in [5.74, 6) is 1.73. The van der Waals surface area contributed by atoms with Gasteiger partial charge in [0, 0.05) is 25.4 Å². The van der Waals surface area contributed by atoms with Gasteiger partial charge in [-0.25, -0.2) is 0 Å². The van der Waals surface area contributed by atoms with E-state index in [-0.39, 0.29) is 11.8 Å². The second kappa shape index (κ2) is 5.88. The Morgan fingerprint density at radius 3 is 2.76 bits per heavy atom. The number of aromatic nitrogens is 4. The highest BCUT2D eigenvalue weighted by Gasteiger charge is 2.29. The highest BCUT2D eigenvalue weighted by atomic mass is 32.1. The van der Waals surface area contributed by atoms with Crippen molar-refractivity contribution in [2.45, 2.75) is 39.0 Å². The maximum absolute atomic E-state index is 12.4. The summed E-state index contributed by atoms with van der Waals surface area (Å²) < 4.78 is 9.12. The van der Waals surface area contributed by atoms with Crippen molar-refractivity contribution in [3.05, 3.63) is 22.3 Å². The van der Waals surface area contributed by atoms with E-state index in [0.717, 1.165) is 36.6 Å². The van der Waals surface area contributed by atoms with Gasteiger partial charge in [-0.1, -0.05) is 16.6 Å². The molecule has 0 bridgehead atoms. The SMILES string of the molecule is CCc1noc(C2CCN(C(=O)c3snnc3C)CC2)n1. The molecule has 2 aromatic heterocycles. The van der Waals surface area contributed by atoms with E-state index in [1.54, 1.807) is 0 Å². The highest BCUT2D eigenvalue weighted by Crippen LogP contribution is 2.28. The Balaban J connectivity index is 1.62. The molecule has 0 aliphatic carbocycles. The van der Waals surface area contributed by atoms with Crippen molar-refractivity contribution in [2.75, 3.05) is 13.1 Å². The Morgan fingerprint density at radius 1 is 1.43 bits per heavy atom. The van der Waals surface area contributed by atoms with Crippen molar-refractivity contribution < 1.29 is 9.32 Å². The molecule has 0 aromatic carbocycles. The van der Waals surface area contributed by atoms with Crippen molar-refractivity contribution in [1.82, 2.24) is 24.6 Å². The van der Waals surface area contributed by atoms with E-state index in [0.29, 0.717) is 29.6 Å². The van der Waals surface area contributed by atoms with Crippen LogP contribution in [0.2, 0.25) is 0 Å². The molecule has 1 saturated heterocycles. The van der Waals surface area contributed by atoms with Gasteiger partial charge in [-0.15, -0.1) is 5.10 Å². The van der Waals surface area contributed by atoms with E-state index in [2.05, 4.69) is 19.7 Å². The summed E-state index contributed by atoms with van der Waals surface area (Å²) >= 11 is 1.16. The molecular formula is C13H17N5O2S. The third-order valence-corrected chi connectivity index (χ3v) is 4.59. The smallest absolute Gasteiger partial charge is 0.267 e. The molecule has 1 amide bonds. The summed E-state index contributed by atoms with van der Waals surface area (Å²) in [4.78, 5) is 19.3. The van der Waals surface area contributed by atoms with Gasteiger partial charge in [0.15, 0.2) is 5.82 Å². The lowest BCUT2D eigenvalue weighted by Gasteiger charge is -2.30. The molecule has 0 spiro atoms. The lowest BCUT2D eigenvalue weighted by atomic mass is 9.96. The molecule has 1 aliphatic rings. The van der Waals surface area contributed by atoms with E-state index in [1.807, 2.05) is 18.7 Å². The molecule has 0 N–H and O–H groups in total. The normalized spacial score (nSPS) is 16.4. The Labute approximate surface area is 126 Å². The van der Waals surface area contributed by atoms with E-state index in [9.17, 15) is 4.79 Å². The number of nitrogens with zero attached hydrogens (tertiary/aromatic N) is 5. The molecule has 3 rings (SSSR count). The minimum absolute atomic E-state index is 0.0285. The van der Waals surface area contributed by atoms with Gasteiger partial charge >= 0.3 is 0 Å². The minimum Gasteiger partial charge on any atom is -0.339 e. The van der Waals surface area contributed by atoms with Crippen LogP contribution in [0.25, 0.3) is 0 Å². The molecule has 7 nitrogen and oxygen atoms in total. The van der Waals surface area contributed by atoms with Crippen LogP contribution in [0.1, 0.15) is 52.8 Å². The van der Waals surface area contributed by atoms with Gasteiger partial charge in [0.1, 0.15) is 4.88 Å². The largest absolute Gasteiger partial charge is 0.339 e. The number of aryl methyl sites for hydroxylation is 2. The summed E-state index contributed by atoms with van der Waals surface area (Å²) in [6.07, 6.45) is 2.48. The molecular weight excluding hydrogens is 290 g/mol. The number of hydrogen-bond acceptors (Lipinski definition) is 7. The zero-order valence-corrected chi connectivity index (χ0v) is 12.9. The molecule has 0 unspecified atom stereocenters. The number of amides is 1. The minimum atomic E-state index is 0.0285. The molecule has 8 heteroatoms. The summed E-state index contributed by atoms with van der Waals surface area (Å²) in [5, 5.41) is 7.83. The van der Waals surface area contributed by atoms with Crippen molar-refractivity contribution in [1.29, 1.82) is 0 Å². The number of hydrogen-bond donors (Lipinski definition) is 0. The predicted octanol–water partition coefficient (Wildman–Crippen LogP) is 1.81. The fourth-order valence-electron chi connectivity index (χ4n) is 2.48. The first kappa shape index (κ1) is 14.1. The molecule has 0 atom stereocenters. The molecule has 21 heavy (non-hydrogen) atoms. The van der Waals surface area contributed by atoms with E-state index < -0.39 is 0 Å². The van der Waals surface area contributed by atoms with Crippen LogP contribution in [0, 0.1) is 6.92 Å². The summed E-state index contributed by atoms with van der Waals surface area (Å²) in [6, 6.07) is 0. The van der Waals surface area contributed by atoms with Crippen LogP contribution < -0.4 is 0 Å². The molecule has 1 aliphatic heterocycles. The van der Waals surface area contributed by atoms with Gasteiger partial charge in [-0.2, -0.15) is 4.98 Å². The van der Waals surface area contributed by atoms with Crippen LogP contribution in [0.3, 0.4) is 0 Å². The lowest BCUT2D eigenvalue weighted by molar-refractivity contribution is 0.0708. The number of piperidine rings is 1. The maximum Gasteiger partial charge on any atom is 0.267 e. The molecule has 1 fully saturated rings. The average molecular weight is 307 g/mol. The second-order valence-corrected chi connectivity index (χ2v) is 5.91. The fraction of sp³-hybridized carbons (Fsp3) is 0.615. The number of carbonyl (C=O) groups excluding carboxylic acids is 1. The van der Waals surface area contributed by atoms with E-state index >= 15 is 0 Å². The molecule has 2 aromatic rings. The third kappa shape index (κ3) is 2.80. The van der Waals surface area contributed by atoms with E-state index in [1.165, 1.54) is 0 Å². The monoisotopic (exact) mass is 307 g/mol. The molecule has 0 radical (unpaired) electrons. The van der Waals surface area contributed by atoms with Gasteiger partial charge in [0.2, 0.25) is 5.89 Å². The van der Waals surface area contributed by atoms with Crippen molar-refractivity contribution in [3.63, 3.8) is 0 Å². The van der Waals surface area contributed by atoms with Crippen molar-refractivity contribution in [2.24, 2.45) is 0 Å². The van der Waals surface area contributed by atoms with Gasteiger partial charge in [-0.05, 0) is 31.3 Å². The van der Waals surface area contributed by atoms with Crippen LogP contribution in [0.5, 0.6) is 0 Å². The molecule has 3 heterocycles. The Morgan fingerprint density at radius 2 is 2.19 bits per heavy atom. The zero-order valence-electron chi connectivity index (χ0n) is 12.1. The topological polar surface area (TPSA) is 85.0 Å². The number of carbonyl (C=O) groups is 1. The lowest BCUT2D eigenvalue weighted by Crippen LogP contribution is -2.37. The molecule has 0 saturated carbocycles. The summed E-state index contributed by atoms with van der Waals surface area (Å²) in [6.45, 7) is 5.21. The first-order chi connectivity index (χ1) is 10.2. The maximum atomic E-state index is 12.4. The van der Waals surface area contributed by atoms with Gasteiger partial charge in [0.05, 0.1) is 5.69 Å². The quantitative estimate of drug-likeness (QED) is 0.859. The second-order valence-electron chi connectivity index (χ2n) is 5.16. The fourth-order valence-corrected chi connectivity index (χ4v) is 3.10. The summed E-state index contributed by atoms with van der Waals surface area (Å²) in [5.41, 5.74) is 0.705. The van der Waals surface area contributed by atoms with E-state index in [4.69, 9.17) is 4.52 Å². The van der Waals surface area contributed by atoms with Crippen LogP contribution >= 0.6 is 11.5 Å². The van der Waals surface area contributed by atoms with Crippen LogP contribution in [0.15, 0.2) is 4.52 Å². The van der Waals surface area contributed by atoms with Crippen molar-refractivity contribution >= 4 is 17.4 Å². The Kier molecular flexibility index (Phi) is 3.96. The number of rotatable bonds is 3. The predicted molar refractivity (Wildman–Crippen MR) is 76.2 cm³/mol. The first-order valence-corrected chi connectivity index (χ1v) is 7.87. The Hall–Kier alpha value is -1.83. The molecule has 112 valence electrons. The van der Waals surface area contributed by atoms with Crippen LogP contribution in [0.4, 0.5) is 0 Å². The zero-order chi connectivity index (χ0) is 14.8. The average Bonchev–Trinajstić information content (AvgIpc) is 3.15.